The molecule has 1 N–H and O–H groups in total. The fourth-order valence-corrected chi connectivity index (χ4v) is 3.38. The van der Waals surface area contributed by atoms with Crippen LogP contribution in [0, 0.1) is 24.7 Å². The van der Waals surface area contributed by atoms with Crippen LogP contribution in [-0.2, 0) is 0 Å². The number of aliphatic hydroxyl groups is 1. The minimum atomic E-state index is -0.364. The molecule has 0 amide bonds. The van der Waals surface area contributed by atoms with Gasteiger partial charge < -0.3 is 5.11 Å². The van der Waals surface area contributed by atoms with Gasteiger partial charge in [-0.3, -0.25) is 0 Å². The lowest BCUT2D eigenvalue weighted by atomic mass is 9.73. The van der Waals surface area contributed by atoms with Gasteiger partial charge in [0.2, 0.25) is 0 Å². The van der Waals surface area contributed by atoms with Crippen LogP contribution in [0.1, 0.15) is 50.3 Å². The molecule has 0 aromatic heterocycles. The highest BCUT2D eigenvalue weighted by atomic mass is 35.5. The molecule has 1 aliphatic carbocycles. The lowest BCUT2D eigenvalue weighted by Gasteiger charge is -2.35. The zero-order valence-electron chi connectivity index (χ0n) is 11.5. The summed E-state index contributed by atoms with van der Waals surface area (Å²) in [5, 5.41) is 11.3. The minimum Gasteiger partial charge on any atom is -0.388 e. The van der Waals surface area contributed by atoms with Crippen LogP contribution in [0.3, 0.4) is 0 Å². The Morgan fingerprint density at radius 2 is 1.89 bits per heavy atom. The largest absolute Gasteiger partial charge is 0.388 e. The van der Waals surface area contributed by atoms with Crippen molar-refractivity contribution in [1.29, 1.82) is 0 Å². The van der Waals surface area contributed by atoms with Crippen molar-refractivity contribution in [1.82, 2.24) is 0 Å². The van der Waals surface area contributed by atoms with Gasteiger partial charge in [0, 0.05) is 5.02 Å². The zero-order valence-corrected chi connectivity index (χ0v) is 12.2. The predicted molar refractivity (Wildman–Crippen MR) is 76.8 cm³/mol. The Labute approximate surface area is 115 Å². The van der Waals surface area contributed by atoms with E-state index in [0.717, 1.165) is 34.9 Å². The summed E-state index contributed by atoms with van der Waals surface area (Å²) in [7, 11) is 0. The first-order chi connectivity index (χ1) is 8.47. The number of hydrogen-bond donors (Lipinski definition) is 1. The van der Waals surface area contributed by atoms with Crippen LogP contribution < -0.4 is 0 Å². The van der Waals surface area contributed by atoms with Crippen LogP contribution in [0.15, 0.2) is 18.2 Å². The van der Waals surface area contributed by atoms with E-state index in [1.54, 1.807) is 0 Å². The molecule has 1 aromatic rings. The molecule has 1 nitrogen and oxygen atoms in total. The average molecular weight is 267 g/mol. The monoisotopic (exact) mass is 266 g/mol. The van der Waals surface area contributed by atoms with E-state index in [1.165, 1.54) is 6.42 Å². The second-order valence-electron chi connectivity index (χ2n) is 6.03. The molecule has 0 saturated heterocycles. The molecule has 18 heavy (non-hydrogen) atoms. The molecule has 0 bridgehead atoms. The fraction of sp³-hybridized carbons (Fsp3) is 0.625. The van der Waals surface area contributed by atoms with Crippen molar-refractivity contribution in [3.63, 3.8) is 0 Å². The summed E-state index contributed by atoms with van der Waals surface area (Å²) >= 11 is 6.07. The Morgan fingerprint density at radius 1 is 1.17 bits per heavy atom. The first-order valence-corrected chi connectivity index (χ1v) is 7.30. The van der Waals surface area contributed by atoms with Gasteiger partial charge >= 0.3 is 0 Å². The standard InChI is InChI=1S/C16H23ClO/c1-10-6-14(9-15(17)7-10)16(18)13-5-4-11(2)12(3)8-13/h6-7,9,11-13,16,18H,4-5,8H2,1-3H3. The molecule has 2 heteroatoms. The molecule has 0 radical (unpaired) electrons. The SMILES string of the molecule is Cc1cc(Cl)cc(C(O)C2CCC(C)C(C)C2)c1. The Hall–Kier alpha value is -0.530. The first-order valence-electron chi connectivity index (χ1n) is 6.92. The highest BCUT2D eigenvalue weighted by molar-refractivity contribution is 6.30. The lowest BCUT2D eigenvalue weighted by Crippen LogP contribution is -2.25. The van der Waals surface area contributed by atoms with E-state index in [0.29, 0.717) is 11.8 Å². The topological polar surface area (TPSA) is 20.2 Å². The second-order valence-corrected chi connectivity index (χ2v) is 6.47. The van der Waals surface area contributed by atoms with Crippen LogP contribution in [0.4, 0.5) is 0 Å². The number of rotatable bonds is 2. The van der Waals surface area contributed by atoms with Gasteiger partial charge in [-0.1, -0.05) is 37.9 Å². The molecule has 0 heterocycles. The molecule has 1 fully saturated rings. The van der Waals surface area contributed by atoms with E-state index < -0.39 is 0 Å². The van der Waals surface area contributed by atoms with Crippen molar-refractivity contribution >= 4 is 11.6 Å². The van der Waals surface area contributed by atoms with Gasteiger partial charge in [0.05, 0.1) is 6.10 Å². The molecule has 2 rings (SSSR count). The van der Waals surface area contributed by atoms with Crippen LogP contribution in [0.5, 0.6) is 0 Å². The van der Waals surface area contributed by atoms with Gasteiger partial charge in [-0.15, -0.1) is 0 Å². The number of hydrogen-bond acceptors (Lipinski definition) is 1. The summed E-state index contributed by atoms with van der Waals surface area (Å²) in [5.41, 5.74) is 2.10. The Morgan fingerprint density at radius 3 is 2.50 bits per heavy atom. The van der Waals surface area contributed by atoms with Crippen molar-refractivity contribution < 1.29 is 5.11 Å². The molecule has 1 saturated carbocycles. The molecule has 100 valence electrons. The predicted octanol–water partition coefficient (Wildman–Crippen LogP) is 4.75. The van der Waals surface area contributed by atoms with E-state index in [9.17, 15) is 5.11 Å². The third-order valence-electron chi connectivity index (χ3n) is 4.49. The summed E-state index contributed by atoms with van der Waals surface area (Å²) in [4.78, 5) is 0. The van der Waals surface area contributed by atoms with Gasteiger partial charge in [0.15, 0.2) is 0 Å². The second kappa shape index (κ2) is 5.63. The number of aryl methyl sites for hydroxylation is 1. The lowest BCUT2D eigenvalue weighted by molar-refractivity contribution is 0.0561. The summed E-state index contributed by atoms with van der Waals surface area (Å²) in [6.45, 7) is 6.64. The molecule has 4 unspecified atom stereocenters. The fourth-order valence-electron chi connectivity index (χ4n) is 3.08. The summed E-state index contributed by atoms with van der Waals surface area (Å²) < 4.78 is 0. The summed E-state index contributed by atoms with van der Waals surface area (Å²) in [5.74, 6) is 1.88. The highest BCUT2D eigenvalue weighted by Crippen LogP contribution is 2.40. The van der Waals surface area contributed by atoms with Gasteiger partial charge in [-0.25, -0.2) is 0 Å². The quantitative estimate of drug-likeness (QED) is 0.819. The van der Waals surface area contributed by atoms with Gasteiger partial charge in [-0.05, 0) is 60.8 Å². The van der Waals surface area contributed by atoms with Crippen LogP contribution in [0.2, 0.25) is 5.02 Å². The molecule has 1 aliphatic rings. The van der Waals surface area contributed by atoms with Crippen molar-refractivity contribution in [2.45, 2.75) is 46.1 Å². The van der Waals surface area contributed by atoms with E-state index in [2.05, 4.69) is 19.9 Å². The normalized spacial score (nSPS) is 30.2. The Bertz CT molecular complexity index is 395. The van der Waals surface area contributed by atoms with Crippen molar-refractivity contribution in [3.05, 3.63) is 34.3 Å². The average Bonchev–Trinajstić information content (AvgIpc) is 2.30. The van der Waals surface area contributed by atoms with Crippen molar-refractivity contribution in [2.24, 2.45) is 17.8 Å². The smallest absolute Gasteiger partial charge is 0.0818 e. The maximum atomic E-state index is 10.5. The Kier molecular flexibility index (Phi) is 4.34. The zero-order chi connectivity index (χ0) is 13.3. The molecular weight excluding hydrogens is 244 g/mol. The van der Waals surface area contributed by atoms with E-state index >= 15 is 0 Å². The molecule has 4 atom stereocenters. The minimum absolute atomic E-state index is 0.364. The van der Waals surface area contributed by atoms with E-state index in [1.807, 2.05) is 19.1 Å². The maximum absolute atomic E-state index is 10.5. The number of halogens is 1. The number of benzene rings is 1. The van der Waals surface area contributed by atoms with E-state index in [4.69, 9.17) is 11.6 Å². The van der Waals surface area contributed by atoms with Crippen molar-refractivity contribution in [3.8, 4) is 0 Å². The van der Waals surface area contributed by atoms with Crippen molar-refractivity contribution in [2.75, 3.05) is 0 Å². The van der Waals surface area contributed by atoms with Gasteiger partial charge in [0.1, 0.15) is 0 Å². The highest BCUT2D eigenvalue weighted by Gasteiger charge is 2.30. The molecule has 0 spiro atoms. The third-order valence-corrected chi connectivity index (χ3v) is 4.71. The van der Waals surface area contributed by atoms with Gasteiger partial charge in [-0.2, -0.15) is 0 Å². The van der Waals surface area contributed by atoms with Crippen LogP contribution in [-0.4, -0.2) is 5.11 Å². The molecule has 0 aliphatic heterocycles. The van der Waals surface area contributed by atoms with Crippen LogP contribution >= 0.6 is 11.6 Å². The first kappa shape index (κ1) is 13.9. The third kappa shape index (κ3) is 3.07. The van der Waals surface area contributed by atoms with Crippen LogP contribution in [0.25, 0.3) is 0 Å². The molecular formula is C16H23ClO. The Balaban J connectivity index is 2.13. The van der Waals surface area contributed by atoms with E-state index in [-0.39, 0.29) is 6.10 Å². The molecule has 1 aromatic carbocycles. The number of aliphatic hydroxyl groups excluding tert-OH is 1. The maximum Gasteiger partial charge on any atom is 0.0818 e. The summed E-state index contributed by atoms with van der Waals surface area (Å²) in [6, 6.07) is 5.89. The summed E-state index contributed by atoms with van der Waals surface area (Å²) in [6.07, 6.45) is 3.10. The van der Waals surface area contributed by atoms with Gasteiger partial charge in [0.25, 0.3) is 0 Å².